The van der Waals surface area contributed by atoms with Gasteiger partial charge in [0.2, 0.25) is 5.91 Å². The number of carbonyl (C=O) groups is 1. The lowest BCUT2D eigenvalue weighted by molar-refractivity contribution is -0.274. The third-order valence-corrected chi connectivity index (χ3v) is 6.57. The lowest BCUT2D eigenvalue weighted by Gasteiger charge is -2.20. The maximum Gasteiger partial charge on any atom is 0.573 e. The van der Waals surface area contributed by atoms with Gasteiger partial charge in [-0.1, -0.05) is 68.1 Å². The van der Waals surface area contributed by atoms with Gasteiger partial charge < -0.3 is 10.5 Å². The largest absolute Gasteiger partial charge is 0.573 e. The number of amides is 1. The van der Waals surface area contributed by atoms with Crippen molar-refractivity contribution in [2.45, 2.75) is 26.6 Å². The number of alkyl halides is 3. The lowest BCUT2D eigenvalue weighted by atomic mass is 10.0. The number of benzene rings is 3. The Morgan fingerprint density at radius 3 is 2.46 bits per heavy atom. The predicted molar refractivity (Wildman–Crippen MR) is 158 cm³/mol. The number of nitrogens with two attached hydrogens (primary N) is 1. The van der Waals surface area contributed by atoms with E-state index in [4.69, 9.17) is 5.73 Å². The third kappa shape index (κ3) is 8.52. The lowest BCUT2D eigenvalue weighted by Crippen LogP contribution is -2.30. The first-order valence-corrected chi connectivity index (χ1v) is 13.5. The van der Waals surface area contributed by atoms with Crippen LogP contribution in [0.2, 0.25) is 0 Å². The third-order valence-electron chi connectivity index (χ3n) is 5.66. The molecule has 0 radical (unpaired) electrons. The van der Waals surface area contributed by atoms with Gasteiger partial charge >= 0.3 is 6.36 Å². The molecule has 0 bridgehead atoms. The number of halogens is 3. The molecule has 1 amide bonds. The topological polar surface area (TPSA) is 105 Å². The second-order valence-corrected chi connectivity index (χ2v) is 10.2. The first kappa shape index (κ1) is 29.5. The molecule has 12 heteroatoms. The fraction of sp³-hybridized carbons (Fsp3) is 0.207. The SMILES string of the molecule is CC(C)Cc1ccccc1N1C(=O)CS/C1=N\N=C\c1ccc(C(N)=NC=Nc2ccc(OC(F)(F)F)cc2)cc1. The summed E-state index contributed by atoms with van der Waals surface area (Å²) < 4.78 is 40.6. The molecule has 1 saturated heterocycles. The van der Waals surface area contributed by atoms with Crippen LogP contribution in [0.1, 0.15) is 30.5 Å². The molecule has 3 aromatic rings. The molecule has 41 heavy (non-hydrogen) atoms. The van der Waals surface area contributed by atoms with Crippen molar-refractivity contribution in [3.05, 3.63) is 89.5 Å². The van der Waals surface area contributed by atoms with E-state index in [-0.39, 0.29) is 17.5 Å². The number of anilines is 1. The Morgan fingerprint density at radius 1 is 1.07 bits per heavy atom. The molecule has 1 heterocycles. The van der Waals surface area contributed by atoms with Crippen molar-refractivity contribution in [1.82, 2.24) is 0 Å². The quantitative estimate of drug-likeness (QED) is 0.182. The van der Waals surface area contributed by atoms with Gasteiger partial charge in [-0.15, -0.1) is 18.3 Å². The van der Waals surface area contributed by atoms with Gasteiger partial charge in [-0.3, -0.25) is 9.69 Å². The standard InChI is InChI=1S/C29H27F3N6O2S/c1-19(2)15-22-5-3-4-6-25(22)38-26(39)17-41-28(38)37-36-16-20-7-9-21(10-8-20)27(33)35-18-34-23-11-13-24(14-12-23)40-29(30,31)32/h3-14,16,18-19H,15,17H2,1-2H3,(H2,33,34,35)/b36-16+,37-28-. The molecule has 0 aliphatic carbocycles. The fourth-order valence-corrected chi connectivity index (χ4v) is 4.68. The Hall–Kier alpha value is -4.45. The average molecular weight is 581 g/mol. The van der Waals surface area contributed by atoms with Crippen LogP contribution in [0, 0.1) is 5.92 Å². The van der Waals surface area contributed by atoms with E-state index >= 15 is 0 Å². The second kappa shape index (κ2) is 13.3. The van der Waals surface area contributed by atoms with Gasteiger partial charge in [0.1, 0.15) is 17.9 Å². The average Bonchev–Trinajstić information content (AvgIpc) is 3.29. The molecule has 3 aromatic carbocycles. The number of carbonyl (C=O) groups excluding carboxylic acids is 1. The van der Waals surface area contributed by atoms with Gasteiger partial charge in [-0.2, -0.15) is 5.10 Å². The van der Waals surface area contributed by atoms with E-state index in [0.717, 1.165) is 35.4 Å². The van der Waals surface area contributed by atoms with Crippen LogP contribution in [-0.4, -0.2) is 41.6 Å². The summed E-state index contributed by atoms with van der Waals surface area (Å²) in [5.74, 6) is 0.575. The highest BCUT2D eigenvalue weighted by atomic mass is 32.2. The second-order valence-electron chi connectivity index (χ2n) is 9.29. The summed E-state index contributed by atoms with van der Waals surface area (Å²) in [6, 6.07) is 20.0. The van der Waals surface area contributed by atoms with E-state index in [1.54, 1.807) is 35.4 Å². The van der Waals surface area contributed by atoms with Crippen molar-refractivity contribution in [1.29, 1.82) is 0 Å². The van der Waals surface area contributed by atoms with Crippen molar-refractivity contribution < 1.29 is 22.7 Å². The Bertz CT molecular complexity index is 1480. The predicted octanol–water partition coefficient (Wildman–Crippen LogP) is 6.32. The molecule has 212 valence electrons. The Labute approximate surface area is 239 Å². The van der Waals surface area contributed by atoms with Gasteiger partial charge in [0.05, 0.1) is 23.3 Å². The first-order valence-electron chi connectivity index (χ1n) is 12.6. The van der Waals surface area contributed by atoms with Crippen LogP contribution in [-0.2, 0) is 11.2 Å². The zero-order valence-corrected chi connectivity index (χ0v) is 23.1. The zero-order chi connectivity index (χ0) is 29.4. The number of amidine groups is 2. The number of hydrogen-bond acceptors (Lipinski definition) is 6. The van der Waals surface area contributed by atoms with Crippen LogP contribution >= 0.6 is 11.8 Å². The zero-order valence-electron chi connectivity index (χ0n) is 22.2. The molecule has 4 rings (SSSR count). The molecule has 0 atom stereocenters. The van der Waals surface area contributed by atoms with Gasteiger partial charge in [-0.05, 0) is 53.8 Å². The van der Waals surface area contributed by atoms with Crippen LogP contribution in [0.25, 0.3) is 0 Å². The summed E-state index contributed by atoms with van der Waals surface area (Å²) in [5, 5.41) is 9.05. The van der Waals surface area contributed by atoms with Crippen molar-refractivity contribution in [3.63, 3.8) is 0 Å². The number of thioether (sulfide) groups is 1. The van der Waals surface area contributed by atoms with Crippen molar-refractivity contribution in [2.75, 3.05) is 10.7 Å². The minimum atomic E-state index is -4.75. The van der Waals surface area contributed by atoms with Crippen molar-refractivity contribution in [3.8, 4) is 5.75 Å². The summed E-state index contributed by atoms with van der Waals surface area (Å²) in [7, 11) is 0. The Morgan fingerprint density at radius 2 is 1.78 bits per heavy atom. The van der Waals surface area contributed by atoms with E-state index < -0.39 is 6.36 Å². The summed E-state index contributed by atoms with van der Waals surface area (Å²) >= 11 is 1.35. The van der Waals surface area contributed by atoms with Crippen molar-refractivity contribution >= 4 is 52.6 Å². The maximum absolute atomic E-state index is 12.7. The summed E-state index contributed by atoms with van der Waals surface area (Å²) in [6.07, 6.45) is -1.11. The molecule has 8 nitrogen and oxygen atoms in total. The van der Waals surface area contributed by atoms with E-state index in [1.807, 2.05) is 24.3 Å². The maximum atomic E-state index is 12.7. The highest BCUT2D eigenvalue weighted by Crippen LogP contribution is 2.31. The van der Waals surface area contributed by atoms with Gasteiger partial charge in [0.25, 0.3) is 0 Å². The summed E-state index contributed by atoms with van der Waals surface area (Å²) in [6.45, 7) is 4.27. The number of ether oxygens (including phenoxy) is 1. The van der Waals surface area contributed by atoms with Gasteiger partial charge in [0, 0.05) is 5.56 Å². The summed E-state index contributed by atoms with van der Waals surface area (Å²) in [5.41, 5.74) is 9.74. The first-order chi connectivity index (χ1) is 19.6. The van der Waals surface area contributed by atoms with Gasteiger partial charge in [0.15, 0.2) is 5.17 Å². The Balaban J connectivity index is 1.39. The van der Waals surface area contributed by atoms with Crippen LogP contribution in [0.4, 0.5) is 24.5 Å². The molecular formula is C29H27F3N6O2S. The van der Waals surface area contributed by atoms with Crippen LogP contribution in [0.3, 0.4) is 0 Å². The minimum Gasteiger partial charge on any atom is -0.406 e. The number of para-hydroxylation sites is 1. The number of hydrogen-bond donors (Lipinski definition) is 1. The number of aliphatic imine (C=N–C) groups is 2. The smallest absolute Gasteiger partial charge is 0.406 e. The minimum absolute atomic E-state index is 0.0321. The molecule has 2 N–H and O–H groups in total. The molecule has 1 aliphatic heterocycles. The molecular weight excluding hydrogens is 553 g/mol. The van der Waals surface area contributed by atoms with Crippen LogP contribution < -0.4 is 15.4 Å². The van der Waals surface area contributed by atoms with E-state index in [0.29, 0.717) is 28.1 Å². The molecule has 0 saturated carbocycles. The van der Waals surface area contributed by atoms with E-state index in [9.17, 15) is 18.0 Å². The van der Waals surface area contributed by atoms with Crippen LogP contribution in [0.5, 0.6) is 5.75 Å². The molecule has 1 aliphatic rings. The molecule has 0 aromatic heterocycles. The normalized spacial score (nSPS) is 15.7. The molecule has 0 unspecified atom stereocenters. The van der Waals surface area contributed by atoms with E-state index in [2.05, 4.69) is 38.8 Å². The molecule has 0 spiro atoms. The monoisotopic (exact) mass is 580 g/mol. The number of nitrogens with zero attached hydrogens (tertiary/aromatic N) is 5. The Kier molecular flexibility index (Phi) is 9.56. The highest BCUT2D eigenvalue weighted by Gasteiger charge is 2.32. The fourth-order valence-electron chi connectivity index (χ4n) is 3.87. The number of rotatable bonds is 9. The van der Waals surface area contributed by atoms with Crippen molar-refractivity contribution in [2.24, 2.45) is 31.8 Å². The molecule has 1 fully saturated rings. The summed E-state index contributed by atoms with van der Waals surface area (Å²) in [4.78, 5) is 22.4. The highest BCUT2D eigenvalue weighted by molar-refractivity contribution is 8.15. The van der Waals surface area contributed by atoms with Crippen LogP contribution in [0.15, 0.2) is 93.0 Å². The van der Waals surface area contributed by atoms with E-state index in [1.165, 1.54) is 30.2 Å². The van der Waals surface area contributed by atoms with Gasteiger partial charge in [-0.25, -0.2) is 9.98 Å².